The molecule has 0 aromatic heterocycles. The number of hydrogen-bond donors (Lipinski definition) is 4. The molecular formula is C23H30O6. The second-order valence-corrected chi connectivity index (χ2v) is 8.01. The summed E-state index contributed by atoms with van der Waals surface area (Å²) in [4.78, 5) is 0. The van der Waals surface area contributed by atoms with E-state index in [0.29, 0.717) is 18.1 Å². The molecule has 158 valence electrons. The van der Waals surface area contributed by atoms with Crippen molar-refractivity contribution in [1.82, 2.24) is 0 Å². The highest BCUT2D eigenvalue weighted by molar-refractivity contribution is 5.38. The lowest BCUT2D eigenvalue weighted by atomic mass is 9.98. The molecule has 6 heteroatoms. The van der Waals surface area contributed by atoms with Crippen LogP contribution < -0.4 is 4.74 Å². The normalized spacial score (nSPS) is 27.2. The van der Waals surface area contributed by atoms with Gasteiger partial charge in [-0.3, -0.25) is 0 Å². The molecular weight excluding hydrogens is 372 g/mol. The van der Waals surface area contributed by atoms with Crippen molar-refractivity contribution in [2.24, 2.45) is 5.92 Å². The maximum Gasteiger partial charge on any atom is 0.229 e. The van der Waals surface area contributed by atoms with Gasteiger partial charge in [-0.1, -0.05) is 56.3 Å². The third-order valence-electron chi connectivity index (χ3n) is 5.13. The lowest BCUT2D eigenvalue weighted by Crippen LogP contribution is -2.60. The molecule has 6 nitrogen and oxygen atoms in total. The van der Waals surface area contributed by atoms with Gasteiger partial charge in [0, 0.05) is 6.42 Å². The lowest BCUT2D eigenvalue weighted by molar-refractivity contribution is -0.277. The Bertz CT molecular complexity index is 773. The quantitative estimate of drug-likeness (QED) is 0.562. The Labute approximate surface area is 171 Å². The SMILES string of the molecule is CC(C)Cc1ccc(Cc2ccccc2O[C@@H]2O[C@H](CO)[C@@H](O)[C@H](O)[C@H]2O)cc1. The molecule has 2 aromatic carbocycles. The van der Waals surface area contributed by atoms with Gasteiger partial charge in [0.15, 0.2) is 0 Å². The molecule has 0 spiro atoms. The zero-order valence-electron chi connectivity index (χ0n) is 16.8. The molecule has 0 saturated carbocycles. The number of benzene rings is 2. The Hall–Kier alpha value is -1.96. The standard InChI is InChI=1S/C23H30O6/c1-14(2)11-15-7-9-16(10-8-15)12-17-5-3-4-6-18(17)28-23-22(27)21(26)20(25)19(13-24)29-23/h3-10,14,19-27H,11-13H2,1-2H3/t19-,20-,21+,22-,23-/m1/s1. The van der Waals surface area contributed by atoms with Gasteiger partial charge in [0.05, 0.1) is 6.61 Å². The smallest absolute Gasteiger partial charge is 0.229 e. The predicted molar refractivity (Wildman–Crippen MR) is 109 cm³/mol. The summed E-state index contributed by atoms with van der Waals surface area (Å²) in [6.45, 7) is 3.90. The number of rotatable bonds is 7. The number of aliphatic hydroxyl groups excluding tert-OH is 4. The maximum absolute atomic E-state index is 10.2. The first-order valence-corrected chi connectivity index (χ1v) is 10.0. The average Bonchev–Trinajstić information content (AvgIpc) is 2.71. The van der Waals surface area contributed by atoms with Gasteiger partial charge < -0.3 is 29.9 Å². The van der Waals surface area contributed by atoms with Crippen LogP contribution in [0.15, 0.2) is 48.5 Å². The summed E-state index contributed by atoms with van der Waals surface area (Å²) in [5.74, 6) is 1.12. The molecule has 0 aliphatic carbocycles. The summed E-state index contributed by atoms with van der Waals surface area (Å²) >= 11 is 0. The minimum Gasteiger partial charge on any atom is -0.462 e. The maximum atomic E-state index is 10.2. The van der Waals surface area contributed by atoms with E-state index in [9.17, 15) is 20.4 Å². The van der Waals surface area contributed by atoms with Crippen LogP contribution in [0.1, 0.15) is 30.5 Å². The van der Waals surface area contributed by atoms with Gasteiger partial charge in [-0.2, -0.15) is 0 Å². The van der Waals surface area contributed by atoms with Crippen LogP contribution in [0.4, 0.5) is 0 Å². The number of para-hydroxylation sites is 1. The molecule has 0 unspecified atom stereocenters. The summed E-state index contributed by atoms with van der Waals surface area (Å²) in [6.07, 6.45) is -4.83. The Morgan fingerprint density at radius 3 is 2.21 bits per heavy atom. The van der Waals surface area contributed by atoms with Gasteiger partial charge in [-0.25, -0.2) is 0 Å². The highest BCUT2D eigenvalue weighted by Crippen LogP contribution is 2.28. The Kier molecular flexibility index (Phi) is 7.27. The lowest BCUT2D eigenvalue weighted by Gasteiger charge is -2.39. The van der Waals surface area contributed by atoms with E-state index >= 15 is 0 Å². The van der Waals surface area contributed by atoms with Crippen LogP contribution >= 0.6 is 0 Å². The summed E-state index contributed by atoms with van der Waals surface area (Å²) in [6, 6.07) is 15.9. The van der Waals surface area contributed by atoms with E-state index in [1.807, 2.05) is 18.2 Å². The van der Waals surface area contributed by atoms with Crippen LogP contribution in [0.5, 0.6) is 5.75 Å². The first kappa shape index (κ1) is 21.7. The summed E-state index contributed by atoms with van der Waals surface area (Å²) in [7, 11) is 0. The molecule has 2 aromatic rings. The molecule has 1 saturated heterocycles. The zero-order valence-corrected chi connectivity index (χ0v) is 16.8. The molecule has 5 atom stereocenters. The van der Waals surface area contributed by atoms with Crippen molar-refractivity contribution in [3.05, 3.63) is 65.2 Å². The third-order valence-corrected chi connectivity index (χ3v) is 5.13. The van der Waals surface area contributed by atoms with Crippen LogP contribution in [0.25, 0.3) is 0 Å². The van der Waals surface area contributed by atoms with E-state index in [2.05, 4.69) is 38.1 Å². The van der Waals surface area contributed by atoms with Crippen LogP contribution in [0.3, 0.4) is 0 Å². The molecule has 0 bridgehead atoms. The molecule has 1 aliphatic rings. The molecule has 3 rings (SSSR count). The molecule has 4 N–H and O–H groups in total. The van der Waals surface area contributed by atoms with E-state index in [-0.39, 0.29) is 0 Å². The molecule has 0 amide bonds. The van der Waals surface area contributed by atoms with Gasteiger partial charge in [-0.15, -0.1) is 0 Å². The van der Waals surface area contributed by atoms with Gasteiger partial charge in [-0.05, 0) is 35.1 Å². The van der Waals surface area contributed by atoms with Gasteiger partial charge in [0.25, 0.3) is 0 Å². The second-order valence-electron chi connectivity index (χ2n) is 8.01. The van der Waals surface area contributed by atoms with Crippen molar-refractivity contribution >= 4 is 0 Å². The monoisotopic (exact) mass is 402 g/mol. The van der Waals surface area contributed by atoms with Gasteiger partial charge in [0.2, 0.25) is 6.29 Å². The Balaban J connectivity index is 1.73. The molecule has 0 radical (unpaired) electrons. The fourth-order valence-electron chi connectivity index (χ4n) is 3.54. The van der Waals surface area contributed by atoms with E-state index in [0.717, 1.165) is 17.5 Å². The van der Waals surface area contributed by atoms with Crippen LogP contribution in [0.2, 0.25) is 0 Å². The van der Waals surface area contributed by atoms with E-state index in [1.165, 1.54) is 5.56 Å². The van der Waals surface area contributed by atoms with Crippen molar-refractivity contribution in [3.63, 3.8) is 0 Å². The topological polar surface area (TPSA) is 99.4 Å². The first-order chi connectivity index (χ1) is 13.9. The Morgan fingerprint density at radius 2 is 1.55 bits per heavy atom. The predicted octanol–water partition coefficient (Wildman–Crippen LogP) is 1.65. The average molecular weight is 402 g/mol. The molecule has 29 heavy (non-hydrogen) atoms. The van der Waals surface area contributed by atoms with Crippen molar-refractivity contribution in [1.29, 1.82) is 0 Å². The minimum atomic E-state index is -1.47. The van der Waals surface area contributed by atoms with Gasteiger partial charge >= 0.3 is 0 Å². The summed E-state index contributed by atoms with van der Waals surface area (Å²) < 4.78 is 11.3. The Morgan fingerprint density at radius 1 is 0.897 bits per heavy atom. The minimum absolute atomic E-state index is 0.491. The number of ether oxygens (including phenoxy) is 2. The van der Waals surface area contributed by atoms with Gasteiger partial charge in [0.1, 0.15) is 30.2 Å². The van der Waals surface area contributed by atoms with Crippen molar-refractivity contribution in [3.8, 4) is 5.75 Å². The van der Waals surface area contributed by atoms with E-state index in [4.69, 9.17) is 9.47 Å². The van der Waals surface area contributed by atoms with E-state index < -0.39 is 37.3 Å². The fourth-order valence-corrected chi connectivity index (χ4v) is 3.54. The highest BCUT2D eigenvalue weighted by Gasteiger charge is 2.44. The summed E-state index contributed by atoms with van der Waals surface area (Å²) in [5, 5.41) is 39.5. The largest absolute Gasteiger partial charge is 0.462 e. The molecule has 1 aliphatic heterocycles. The molecule has 1 heterocycles. The van der Waals surface area contributed by atoms with Crippen LogP contribution in [-0.2, 0) is 17.6 Å². The molecule has 1 fully saturated rings. The van der Waals surface area contributed by atoms with Crippen LogP contribution in [-0.4, -0.2) is 57.7 Å². The first-order valence-electron chi connectivity index (χ1n) is 10.0. The highest BCUT2D eigenvalue weighted by atomic mass is 16.7. The number of aliphatic hydroxyl groups is 4. The zero-order chi connectivity index (χ0) is 21.0. The van der Waals surface area contributed by atoms with Crippen molar-refractivity contribution < 1.29 is 29.9 Å². The third kappa shape index (κ3) is 5.35. The summed E-state index contributed by atoms with van der Waals surface area (Å²) in [5.41, 5.74) is 3.33. The van der Waals surface area contributed by atoms with Crippen molar-refractivity contribution in [2.45, 2.75) is 57.4 Å². The fraction of sp³-hybridized carbons (Fsp3) is 0.478. The van der Waals surface area contributed by atoms with Crippen molar-refractivity contribution in [2.75, 3.05) is 6.61 Å². The second kappa shape index (κ2) is 9.69. The van der Waals surface area contributed by atoms with E-state index in [1.54, 1.807) is 6.07 Å². The number of hydrogen-bond acceptors (Lipinski definition) is 6. The van der Waals surface area contributed by atoms with Crippen LogP contribution in [0, 0.1) is 5.92 Å².